The molecule has 33 heavy (non-hydrogen) atoms. The van der Waals surface area contributed by atoms with Crippen LogP contribution in [0.5, 0.6) is 0 Å². The van der Waals surface area contributed by atoms with Gasteiger partial charge in [-0.25, -0.2) is 0 Å². The SMILES string of the molecule is COCCCn1c(SCC(=O)c2ccc(CCNC(C)=O)cc2)nnc1-c1ccccc1Cl. The largest absolute Gasteiger partial charge is 0.385 e. The molecule has 0 saturated carbocycles. The number of methoxy groups -OCH3 is 1. The maximum absolute atomic E-state index is 12.8. The number of Topliss-reactive ketones (excluding diaryl/α,β-unsaturated/α-hetero) is 1. The smallest absolute Gasteiger partial charge is 0.216 e. The van der Waals surface area contributed by atoms with E-state index in [9.17, 15) is 9.59 Å². The van der Waals surface area contributed by atoms with Gasteiger partial charge in [0.1, 0.15) is 0 Å². The topological polar surface area (TPSA) is 86.1 Å². The maximum atomic E-state index is 12.8. The molecule has 0 saturated heterocycles. The Bertz CT molecular complexity index is 1090. The van der Waals surface area contributed by atoms with Gasteiger partial charge in [-0.3, -0.25) is 9.59 Å². The van der Waals surface area contributed by atoms with Gasteiger partial charge in [-0.15, -0.1) is 10.2 Å². The van der Waals surface area contributed by atoms with Crippen LogP contribution < -0.4 is 5.32 Å². The Morgan fingerprint density at radius 1 is 1.12 bits per heavy atom. The van der Waals surface area contributed by atoms with Gasteiger partial charge >= 0.3 is 0 Å². The van der Waals surface area contributed by atoms with Gasteiger partial charge in [0.05, 0.1) is 10.8 Å². The Hall–Kier alpha value is -2.68. The van der Waals surface area contributed by atoms with Crippen molar-refractivity contribution in [3.63, 3.8) is 0 Å². The van der Waals surface area contributed by atoms with Crippen molar-refractivity contribution in [1.29, 1.82) is 0 Å². The molecule has 0 aliphatic rings. The summed E-state index contributed by atoms with van der Waals surface area (Å²) in [5.74, 6) is 0.886. The Balaban J connectivity index is 1.68. The summed E-state index contributed by atoms with van der Waals surface area (Å²) in [5, 5.41) is 12.7. The molecule has 7 nitrogen and oxygen atoms in total. The number of nitrogens with one attached hydrogen (secondary N) is 1. The molecule has 1 aromatic heterocycles. The van der Waals surface area contributed by atoms with Gasteiger partial charge in [0.2, 0.25) is 5.91 Å². The number of carbonyl (C=O) groups excluding carboxylic acids is 2. The third-order valence-corrected chi connectivity index (χ3v) is 6.25. The summed E-state index contributed by atoms with van der Waals surface area (Å²) in [6.45, 7) is 3.33. The second kappa shape index (κ2) is 12.5. The normalized spacial score (nSPS) is 10.9. The third kappa shape index (κ3) is 7.15. The molecule has 0 bridgehead atoms. The first kappa shape index (κ1) is 25.0. The van der Waals surface area contributed by atoms with Gasteiger partial charge in [-0.05, 0) is 30.5 Å². The van der Waals surface area contributed by atoms with E-state index in [1.165, 1.54) is 18.7 Å². The van der Waals surface area contributed by atoms with Crippen molar-refractivity contribution in [2.45, 2.75) is 31.5 Å². The van der Waals surface area contributed by atoms with Gasteiger partial charge in [0.25, 0.3) is 0 Å². The highest BCUT2D eigenvalue weighted by Gasteiger charge is 2.18. The molecule has 0 aliphatic heterocycles. The van der Waals surface area contributed by atoms with Gasteiger partial charge in [-0.1, -0.05) is 59.8 Å². The van der Waals surface area contributed by atoms with E-state index in [0.717, 1.165) is 24.0 Å². The van der Waals surface area contributed by atoms with Gasteiger partial charge in [0.15, 0.2) is 16.8 Å². The molecule has 0 aliphatic carbocycles. The van der Waals surface area contributed by atoms with E-state index < -0.39 is 0 Å². The number of ketones is 1. The summed E-state index contributed by atoms with van der Waals surface area (Å²) in [4.78, 5) is 23.7. The van der Waals surface area contributed by atoms with Gasteiger partial charge in [-0.2, -0.15) is 0 Å². The fourth-order valence-electron chi connectivity index (χ4n) is 3.26. The quantitative estimate of drug-likeness (QED) is 0.233. The Kier molecular flexibility index (Phi) is 9.47. The molecule has 174 valence electrons. The van der Waals surface area contributed by atoms with Crippen molar-refractivity contribution >= 4 is 35.1 Å². The average Bonchev–Trinajstić information content (AvgIpc) is 3.20. The van der Waals surface area contributed by atoms with E-state index in [1.807, 2.05) is 53.1 Å². The van der Waals surface area contributed by atoms with E-state index in [1.54, 1.807) is 7.11 Å². The number of carbonyl (C=O) groups is 2. The van der Waals surface area contributed by atoms with E-state index in [0.29, 0.717) is 41.3 Å². The van der Waals surface area contributed by atoms with E-state index in [-0.39, 0.29) is 17.4 Å². The highest BCUT2D eigenvalue weighted by molar-refractivity contribution is 7.99. The van der Waals surface area contributed by atoms with Crippen LogP contribution in [0.4, 0.5) is 0 Å². The summed E-state index contributed by atoms with van der Waals surface area (Å²) in [6.07, 6.45) is 1.51. The molecule has 3 rings (SSSR count). The predicted molar refractivity (Wildman–Crippen MR) is 131 cm³/mol. The third-order valence-electron chi connectivity index (χ3n) is 4.96. The number of amides is 1. The van der Waals surface area contributed by atoms with Crippen LogP contribution in [0, 0.1) is 0 Å². The molecule has 0 unspecified atom stereocenters. The Morgan fingerprint density at radius 2 is 1.88 bits per heavy atom. The first-order valence-corrected chi connectivity index (χ1v) is 12.0. The number of hydrogen-bond acceptors (Lipinski definition) is 6. The Morgan fingerprint density at radius 3 is 2.58 bits per heavy atom. The fraction of sp³-hybridized carbons (Fsp3) is 0.333. The summed E-state index contributed by atoms with van der Waals surface area (Å²) in [6, 6.07) is 15.0. The molecule has 1 amide bonds. The van der Waals surface area contributed by atoms with Crippen LogP contribution in [-0.2, 0) is 22.5 Å². The molecule has 0 radical (unpaired) electrons. The van der Waals surface area contributed by atoms with Crippen LogP contribution in [0.2, 0.25) is 5.02 Å². The van der Waals surface area contributed by atoms with Crippen LogP contribution in [0.25, 0.3) is 11.4 Å². The van der Waals surface area contributed by atoms with E-state index >= 15 is 0 Å². The number of benzene rings is 2. The minimum absolute atomic E-state index is 0.0131. The molecular formula is C24H27ClN4O3S. The van der Waals surface area contributed by atoms with Crippen LogP contribution in [-0.4, -0.2) is 52.5 Å². The molecule has 9 heteroatoms. The standard InChI is InChI=1S/C24H27ClN4O3S/c1-17(30)26-13-12-18-8-10-19(11-9-18)22(31)16-33-24-28-27-23(29(24)14-5-15-32-2)20-6-3-4-7-21(20)25/h3-4,6-11H,5,12-16H2,1-2H3,(H,26,30). The number of thioether (sulfide) groups is 1. The summed E-state index contributed by atoms with van der Waals surface area (Å²) in [7, 11) is 1.67. The van der Waals surface area contributed by atoms with Crippen molar-refractivity contribution in [1.82, 2.24) is 20.1 Å². The zero-order valence-corrected chi connectivity index (χ0v) is 20.3. The number of halogens is 1. The molecule has 0 spiro atoms. The number of ether oxygens (including phenoxy) is 1. The van der Waals surface area contributed by atoms with Gasteiger partial charge in [0, 0.05) is 44.9 Å². The highest BCUT2D eigenvalue weighted by atomic mass is 35.5. The first-order valence-electron chi connectivity index (χ1n) is 10.7. The van der Waals surface area contributed by atoms with Crippen LogP contribution in [0.15, 0.2) is 53.7 Å². The summed E-state index contributed by atoms with van der Waals surface area (Å²) < 4.78 is 7.18. The fourth-order valence-corrected chi connectivity index (χ4v) is 4.34. The van der Waals surface area contributed by atoms with E-state index in [4.69, 9.17) is 16.3 Å². The van der Waals surface area contributed by atoms with Crippen molar-refractivity contribution in [2.24, 2.45) is 0 Å². The highest BCUT2D eigenvalue weighted by Crippen LogP contribution is 2.29. The van der Waals surface area contributed by atoms with Gasteiger partial charge < -0.3 is 14.6 Å². The van der Waals surface area contributed by atoms with Crippen LogP contribution in [0.3, 0.4) is 0 Å². The van der Waals surface area contributed by atoms with Crippen molar-refractivity contribution in [3.8, 4) is 11.4 Å². The zero-order chi connectivity index (χ0) is 23.6. The summed E-state index contributed by atoms with van der Waals surface area (Å²) in [5.41, 5.74) is 2.51. The molecule has 1 N–H and O–H groups in total. The minimum atomic E-state index is -0.0495. The molecule has 3 aromatic rings. The van der Waals surface area contributed by atoms with Crippen molar-refractivity contribution in [2.75, 3.05) is 26.0 Å². The Labute approximate surface area is 202 Å². The van der Waals surface area contributed by atoms with Crippen molar-refractivity contribution in [3.05, 3.63) is 64.7 Å². The lowest BCUT2D eigenvalue weighted by Crippen LogP contribution is -2.22. The number of nitrogens with zero attached hydrogens (tertiary/aromatic N) is 3. The number of rotatable bonds is 12. The number of aromatic nitrogens is 3. The molecular weight excluding hydrogens is 460 g/mol. The lowest BCUT2D eigenvalue weighted by Gasteiger charge is -2.11. The lowest BCUT2D eigenvalue weighted by molar-refractivity contribution is -0.118. The molecule has 1 heterocycles. The lowest BCUT2D eigenvalue weighted by atomic mass is 10.1. The summed E-state index contributed by atoms with van der Waals surface area (Å²) >= 11 is 7.74. The predicted octanol–water partition coefficient (Wildman–Crippen LogP) is 4.29. The molecule has 2 aromatic carbocycles. The average molecular weight is 487 g/mol. The zero-order valence-electron chi connectivity index (χ0n) is 18.7. The van der Waals surface area contributed by atoms with Crippen molar-refractivity contribution < 1.29 is 14.3 Å². The monoisotopic (exact) mass is 486 g/mol. The van der Waals surface area contributed by atoms with Crippen LogP contribution >= 0.6 is 23.4 Å². The van der Waals surface area contributed by atoms with E-state index in [2.05, 4.69) is 15.5 Å². The number of hydrogen-bond donors (Lipinski definition) is 1. The van der Waals surface area contributed by atoms with Crippen LogP contribution in [0.1, 0.15) is 29.3 Å². The first-order chi connectivity index (χ1) is 16.0. The molecule has 0 atom stereocenters. The molecule has 0 fully saturated rings. The minimum Gasteiger partial charge on any atom is -0.385 e. The second-order valence-corrected chi connectivity index (χ2v) is 8.78. The second-order valence-electron chi connectivity index (χ2n) is 7.43. The maximum Gasteiger partial charge on any atom is 0.216 e.